The molecule has 0 aliphatic carbocycles. The average Bonchev–Trinajstić information content (AvgIpc) is 3.44. The van der Waals surface area contributed by atoms with Gasteiger partial charge >= 0.3 is 0 Å². The Hall–Kier alpha value is -3.30. The van der Waals surface area contributed by atoms with Gasteiger partial charge in [0, 0.05) is 30.0 Å². The molecule has 5 rings (SSSR count). The van der Waals surface area contributed by atoms with E-state index in [4.69, 9.17) is 19.6 Å². The summed E-state index contributed by atoms with van der Waals surface area (Å²) in [5, 5.41) is 20.0. The molecular weight excluding hydrogens is 444 g/mol. The number of hydrogen-bond donors (Lipinski definition) is 1. The lowest BCUT2D eigenvalue weighted by Crippen LogP contribution is -2.19. The van der Waals surface area contributed by atoms with E-state index >= 15 is 0 Å². The second-order valence-electron chi connectivity index (χ2n) is 9.37. The van der Waals surface area contributed by atoms with E-state index in [9.17, 15) is 5.11 Å². The third-order valence-electron chi connectivity index (χ3n) is 6.25. The Morgan fingerprint density at radius 1 is 1.17 bits per heavy atom. The summed E-state index contributed by atoms with van der Waals surface area (Å²) < 4.78 is 15.8. The van der Waals surface area contributed by atoms with Crippen molar-refractivity contribution in [3.8, 4) is 28.5 Å². The molecule has 0 amide bonds. The molecule has 1 N–H and O–H groups in total. The minimum atomic E-state index is -0.113. The van der Waals surface area contributed by atoms with Gasteiger partial charge in [-0.05, 0) is 71.2 Å². The lowest BCUT2D eigenvalue weighted by Gasteiger charge is -2.23. The molecule has 1 aliphatic rings. The normalized spacial score (nSPS) is 17.3. The van der Waals surface area contributed by atoms with Crippen molar-refractivity contribution in [3.63, 3.8) is 0 Å². The highest BCUT2D eigenvalue weighted by Crippen LogP contribution is 2.34. The number of ether oxygens (including phenoxy) is 2. The number of nitrogens with zero attached hydrogens (tertiary/aromatic N) is 6. The summed E-state index contributed by atoms with van der Waals surface area (Å²) in [6.07, 6.45) is 6.72. The van der Waals surface area contributed by atoms with Gasteiger partial charge in [0.1, 0.15) is 11.4 Å². The van der Waals surface area contributed by atoms with Gasteiger partial charge in [-0.1, -0.05) is 0 Å². The van der Waals surface area contributed by atoms with E-state index in [2.05, 4.69) is 10.1 Å². The molecule has 184 valence electrons. The lowest BCUT2D eigenvalue weighted by molar-refractivity contribution is -0.0365. The molecule has 2 atom stereocenters. The van der Waals surface area contributed by atoms with E-state index in [0.29, 0.717) is 11.5 Å². The monoisotopic (exact) mass is 476 g/mol. The zero-order valence-electron chi connectivity index (χ0n) is 20.7. The predicted octanol–water partition coefficient (Wildman–Crippen LogP) is 4.70. The van der Waals surface area contributed by atoms with Crippen LogP contribution >= 0.6 is 0 Å². The summed E-state index contributed by atoms with van der Waals surface area (Å²) in [7, 11) is 0. The second-order valence-corrected chi connectivity index (χ2v) is 9.37. The molecular formula is C26H32N6O3. The summed E-state index contributed by atoms with van der Waals surface area (Å²) in [6.45, 7) is 8.64. The summed E-state index contributed by atoms with van der Waals surface area (Å²) >= 11 is 0. The fraction of sp³-hybridized carbons (Fsp3) is 0.462. The van der Waals surface area contributed by atoms with Crippen molar-refractivity contribution >= 4 is 10.9 Å². The zero-order valence-corrected chi connectivity index (χ0v) is 20.7. The maximum atomic E-state index is 9.52. The SMILES string of the molecule is Cc1nn(C(C)CO)cc1-c1ccnc(-c2nn(C3CCCCO3)c3ccc(OC(C)C)cc23)n1. The molecule has 0 radical (unpaired) electrons. The molecule has 1 aromatic carbocycles. The largest absolute Gasteiger partial charge is 0.491 e. The average molecular weight is 477 g/mol. The van der Waals surface area contributed by atoms with Gasteiger partial charge in [0.15, 0.2) is 12.1 Å². The summed E-state index contributed by atoms with van der Waals surface area (Å²) in [6, 6.07) is 7.79. The van der Waals surface area contributed by atoms with Crippen LogP contribution in [0.5, 0.6) is 5.75 Å². The molecule has 35 heavy (non-hydrogen) atoms. The molecule has 1 aliphatic heterocycles. The van der Waals surface area contributed by atoms with Crippen molar-refractivity contribution in [2.75, 3.05) is 13.2 Å². The first-order chi connectivity index (χ1) is 16.9. The second kappa shape index (κ2) is 9.75. The van der Waals surface area contributed by atoms with Crippen LogP contribution < -0.4 is 4.74 Å². The fourth-order valence-electron chi connectivity index (χ4n) is 4.43. The van der Waals surface area contributed by atoms with E-state index in [1.807, 2.05) is 62.8 Å². The number of aliphatic hydroxyl groups excluding tert-OH is 1. The molecule has 0 bridgehead atoms. The van der Waals surface area contributed by atoms with E-state index in [-0.39, 0.29) is 25.0 Å². The van der Waals surface area contributed by atoms with Gasteiger partial charge in [-0.2, -0.15) is 10.2 Å². The Morgan fingerprint density at radius 3 is 2.77 bits per heavy atom. The van der Waals surface area contributed by atoms with Crippen LogP contribution in [-0.2, 0) is 4.74 Å². The van der Waals surface area contributed by atoms with Crippen LogP contribution in [0.4, 0.5) is 0 Å². The molecule has 4 heterocycles. The lowest BCUT2D eigenvalue weighted by atomic mass is 10.1. The third-order valence-corrected chi connectivity index (χ3v) is 6.25. The molecule has 0 spiro atoms. The number of fused-ring (bicyclic) bond motifs is 1. The molecule has 1 fully saturated rings. The van der Waals surface area contributed by atoms with Crippen LogP contribution in [0.3, 0.4) is 0 Å². The number of hydrogen-bond acceptors (Lipinski definition) is 7. The van der Waals surface area contributed by atoms with E-state index < -0.39 is 0 Å². The fourth-order valence-corrected chi connectivity index (χ4v) is 4.43. The van der Waals surface area contributed by atoms with Crippen LogP contribution in [-0.4, -0.2) is 54.0 Å². The molecule has 0 saturated carbocycles. The van der Waals surface area contributed by atoms with Gasteiger partial charge < -0.3 is 14.6 Å². The standard InChI is InChI=1S/C26H32N6O3/c1-16(2)35-19-8-9-23-20(13-19)25(30-32(23)24-7-5-6-12-34-24)26-27-11-10-22(28-26)21-14-31(17(3)15-33)29-18(21)4/h8-11,13-14,16-17,24,33H,5-7,12,15H2,1-4H3. The topological polar surface area (TPSA) is 100 Å². The van der Waals surface area contributed by atoms with Crippen LogP contribution in [0, 0.1) is 6.92 Å². The van der Waals surface area contributed by atoms with Crippen LogP contribution in [0.15, 0.2) is 36.7 Å². The molecule has 2 unspecified atom stereocenters. The highest BCUT2D eigenvalue weighted by molar-refractivity contribution is 5.93. The van der Waals surface area contributed by atoms with Crippen LogP contribution in [0.2, 0.25) is 0 Å². The third kappa shape index (κ3) is 4.66. The number of aryl methyl sites for hydroxylation is 1. The van der Waals surface area contributed by atoms with Crippen molar-refractivity contribution in [1.82, 2.24) is 29.5 Å². The van der Waals surface area contributed by atoms with E-state index in [0.717, 1.165) is 59.5 Å². The van der Waals surface area contributed by atoms with Crippen molar-refractivity contribution in [2.45, 2.75) is 65.3 Å². The number of rotatable bonds is 7. The number of aliphatic hydroxyl groups is 1. The maximum absolute atomic E-state index is 9.52. The first kappa shape index (κ1) is 23.4. The smallest absolute Gasteiger partial charge is 0.181 e. The minimum absolute atomic E-state index is 0.0169. The summed E-state index contributed by atoms with van der Waals surface area (Å²) in [5.74, 6) is 1.32. The van der Waals surface area contributed by atoms with Gasteiger partial charge in [0.2, 0.25) is 0 Å². The van der Waals surface area contributed by atoms with Gasteiger partial charge in [-0.15, -0.1) is 0 Å². The van der Waals surface area contributed by atoms with Crippen molar-refractivity contribution in [1.29, 1.82) is 0 Å². The van der Waals surface area contributed by atoms with Gasteiger partial charge in [0.05, 0.1) is 35.7 Å². The predicted molar refractivity (Wildman–Crippen MR) is 133 cm³/mol. The summed E-state index contributed by atoms with van der Waals surface area (Å²) in [4.78, 5) is 9.47. The molecule has 9 heteroatoms. The Morgan fingerprint density at radius 2 is 2.03 bits per heavy atom. The Bertz CT molecular complexity index is 1320. The highest BCUT2D eigenvalue weighted by atomic mass is 16.5. The quantitative estimate of drug-likeness (QED) is 0.412. The van der Waals surface area contributed by atoms with Crippen LogP contribution in [0.1, 0.15) is 58.0 Å². The van der Waals surface area contributed by atoms with E-state index in [1.54, 1.807) is 10.9 Å². The van der Waals surface area contributed by atoms with Crippen LogP contribution in [0.25, 0.3) is 33.7 Å². The molecule has 9 nitrogen and oxygen atoms in total. The highest BCUT2D eigenvalue weighted by Gasteiger charge is 2.24. The van der Waals surface area contributed by atoms with Gasteiger partial charge in [-0.25, -0.2) is 14.6 Å². The number of benzene rings is 1. The zero-order chi connectivity index (χ0) is 24.5. The maximum Gasteiger partial charge on any atom is 0.181 e. The Labute approximate surface area is 204 Å². The minimum Gasteiger partial charge on any atom is -0.491 e. The first-order valence-electron chi connectivity index (χ1n) is 12.3. The van der Waals surface area contributed by atoms with Gasteiger partial charge in [-0.3, -0.25) is 4.68 Å². The Balaban J connectivity index is 1.61. The number of aromatic nitrogens is 6. The van der Waals surface area contributed by atoms with Crippen molar-refractivity contribution in [2.24, 2.45) is 0 Å². The molecule has 3 aromatic heterocycles. The van der Waals surface area contributed by atoms with E-state index in [1.165, 1.54) is 0 Å². The molecule has 4 aromatic rings. The molecule has 1 saturated heterocycles. The van der Waals surface area contributed by atoms with Crippen molar-refractivity contribution < 1.29 is 14.6 Å². The van der Waals surface area contributed by atoms with Gasteiger partial charge in [0.25, 0.3) is 0 Å². The Kier molecular flexibility index (Phi) is 6.53. The van der Waals surface area contributed by atoms with Crippen molar-refractivity contribution in [3.05, 3.63) is 42.4 Å². The first-order valence-corrected chi connectivity index (χ1v) is 12.3. The summed E-state index contributed by atoms with van der Waals surface area (Å²) in [5.41, 5.74) is 4.16.